The smallest absolute Gasteiger partial charge is 0.00774 e. The van der Waals surface area contributed by atoms with Crippen molar-refractivity contribution in [1.29, 1.82) is 0 Å². The lowest BCUT2D eigenvalue weighted by Crippen LogP contribution is -1.92. The molecule has 0 saturated carbocycles. The van der Waals surface area contributed by atoms with E-state index in [4.69, 9.17) is 0 Å². The first-order chi connectivity index (χ1) is 12.4. The summed E-state index contributed by atoms with van der Waals surface area (Å²) >= 11 is 0. The van der Waals surface area contributed by atoms with Crippen molar-refractivity contribution in [1.82, 2.24) is 0 Å². The third-order valence-corrected chi connectivity index (χ3v) is 8.40. The van der Waals surface area contributed by atoms with Gasteiger partial charge in [0.05, 0.1) is 0 Å². The highest BCUT2D eigenvalue weighted by Gasteiger charge is 2.25. The number of aryl methyl sites for hydroxylation is 4. The van der Waals surface area contributed by atoms with Gasteiger partial charge in [-0.25, -0.2) is 0 Å². The number of allylic oxidation sites excluding steroid dienone is 2. The normalized spacial score (nSPS) is 22.6. The van der Waals surface area contributed by atoms with Crippen molar-refractivity contribution in [3.63, 3.8) is 0 Å². The monoisotopic (exact) mass is 364 g/mol. The Morgan fingerprint density at radius 2 is 1.16 bits per heavy atom. The van der Waals surface area contributed by atoms with Crippen LogP contribution in [-0.2, 0) is 25.7 Å². The van der Waals surface area contributed by atoms with Gasteiger partial charge >= 0.3 is 0 Å². The van der Waals surface area contributed by atoms with Crippen LogP contribution in [0.15, 0.2) is 36.4 Å². The van der Waals surface area contributed by atoms with Crippen molar-refractivity contribution in [2.45, 2.75) is 44.9 Å². The molecule has 4 bridgehead atoms. The fourth-order valence-electron chi connectivity index (χ4n) is 4.58. The number of hydrogen-bond donors (Lipinski definition) is 0. The molecule has 0 atom stereocenters. The second kappa shape index (κ2) is 6.89. The Bertz CT molecular complexity index is 778. The first-order valence-corrected chi connectivity index (χ1v) is 12.1. The lowest BCUT2D eigenvalue weighted by molar-refractivity contribution is 0.934. The maximum atomic E-state index is 2.52. The van der Waals surface area contributed by atoms with Crippen LogP contribution in [0, 0.1) is 0 Å². The van der Waals surface area contributed by atoms with Crippen molar-refractivity contribution >= 4 is 32.7 Å². The second-order valence-electron chi connectivity index (χ2n) is 7.44. The van der Waals surface area contributed by atoms with Crippen LogP contribution >= 0.6 is 21.6 Å². The molecule has 2 heteroatoms. The predicted octanol–water partition coefficient (Wildman–Crippen LogP) is 6.36. The Labute approximate surface area is 158 Å². The predicted molar refractivity (Wildman–Crippen MR) is 113 cm³/mol. The van der Waals surface area contributed by atoms with E-state index in [2.05, 4.69) is 47.2 Å². The lowest BCUT2D eigenvalue weighted by atomic mass is 9.94. The van der Waals surface area contributed by atoms with Crippen LogP contribution in [0.3, 0.4) is 0 Å². The molecule has 0 unspecified atom stereocenters. The quantitative estimate of drug-likeness (QED) is 0.499. The zero-order valence-corrected chi connectivity index (χ0v) is 16.3. The molecule has 0 fully saturated rings. The Balaban J connectivity index is 1.64. The van der Waals surface area contributed by atoms with Crippen LogP contribution in [0.25, 0.3) is 11.1 Å². The minimum Gasteiger partial charge on any atom is -0.0941 e. The van der Waals surface area contributed by atoms with Gasteiger partial charge in [-0.1, -0.05) is 58.0 Å². The van der Waals surface area contributed by atoms with E-state index in [1.165, 1.54) is 67.6 Å². The minimum absolute atomic E-state index is 1.20. The van der Waals surface area contributed by atoms with Gasteiger partial charge in [-0.3, -0.25) is 0 Å². The molecule has 1 aliphatic heterocycles. The molecule has 25 heavy (non-hydrogen) atoms. The van der Waals surface area contributed by atoms with Crippen molar-refractivity contribution < 1.29 is 0 Å². The molecular formula is C23H24S2. The maximum Gasteiger partial charge on any atom is 0.00774 e. The van der Waals surface area contributed by atoms with E-state index in [0.717, 1.165) is 0 Å². The van der Waals surface area contributed by atoms with Gasteiger partial charge in [0.15, 0.2) is 0 Å². The average molecular weight is 365 g/mol. The van der Waals surface area contributed by atoms with Gasteiger partial charge in [-0.15, -0.1) is 0 Å². The fourth-order valence-corrected chi connectivity index (χ4v) is 6.71. The van der Waals surface area contributed by atoms with Gasteiger partial charge in [0.1, 0.15) is 0 Å². The molecule has 0 nitrogen and oxygen atoms in total. The molecule has 0 saturated heterocycles. The zero-order valence-electron chi connectivity index (χ0n) is 14.6. The van der Waals surface area contributed by atoms with Crippen molar-refractivity contribution in [2.75, 3.05) is 11.5 Å². The molecule has 0 amide bonds. The molecule has 5 rings (SSSR count). The van der Waals surface area contributed by atoms with Gasteiger partial charge in [0.25, 0.3) is 0 Å². The lowest BCUT2D eigenvalue weighted by Gasteiger charge is -2.11. The van der Waals surface area contributed by atoms with Crippen LogP contribution in [-0.4, -0.2) is 11.5 Å². The van der Waals surface area contributed by atoms with Crippen LogP contribution in [0.1, 0.15) is 52.6 Å². The zero-order chi connectivity index (χ0) is 16.6. The highest BCUT2D eigenvalue weighted by atomic mass is 33.1. The standard InChI is InChI=1S/C23H24S2/c1-2-16-3-5-18-7-9-20(22(18)14-16)21-10-8-19-6-4-17(15-23(19)21)11-13-25-24-12-1/h3-6,14-15H,1-2,7-13H2/b21-20-. The molecule has 2 aromatic rings. The molecule has 2 aromatic carbocycles. The SMILES string of the molecule is c1cc2c3cc1CCCSSCCc1ccc4c(c1)/C(=C\3CC2)CC4. The van der Waals surface area contributed by atoms with Crippen molar-refractivity contribution in [3.8, 4) is 0 Å². The molecule has 3 aliphatic rings. The van der Waals surface area contributed by atoms with Gasteiger partial charge < -0.3 is 0 Å². The summed E-state index contributed by atoms with van der Waals surface area (Å²) in [6.45, 7) is 0. The molecule has 0 radical (unpaired) electrons. The average Bonchev–Trinajstić information content (AvgIpc) is 3.23. The summed E-state index contributed by atoms with van der Waals surface area (Å²) in [5.74, 6) is 2.49. The highest BCUT2D eigenvalue weighted by molar-refractivity contribution is 8.76. The minimum atomic E-state index is 1.20. The molecule has 0 aromatic heterocycles. The summed E-state index contributed by atoms with van der Waals surface area (Å²) in [6.07, 6.45) is 8.66. The van der Waals surface area contributed by atoms with Crippen molar-refractivity contribution in [2.24, 2.45) is 0 Å². The van der Waals surface area contributed by atoms with E-state index in [-0.39, 0.29) is 0 Å². The van der Waals surface area contributed by atoms with Gasteiger partial charge in [0.2, 0.25) is 0 Å². The number of hydrogen-bond acceptors (Lipinski definition) is 2. The summed E-state index contributed by atoms with van der Waals surface area (Å²) in [4.78, 5) is 0. The summed E-state index contributed by atoms with van der Waals surface area (Å²) in [5, 5.41) is 0. The van der Waals surface area contributed by atoms with Crippen LogP contribution in [0.2, 0.25) is 0 Å². The number of fused-ring (bicyclic) bond motifs is 2. The van der Waals surface area contributed by atoms with E-state index >= 15 is 0 Å². The first-order valence-electron chi connectivity index (χ1n) is 9.59. The topological polar surface area (TPSA) is 0 Å². The van der Waals surface area contributed by atoms with Crippen molar-refractivity contribution in [3.05, 3.63) is 69.8 Å². The fraction of sp³-hybridized carbons (Fsp3) is 0.391. The summed E-state index contributed by atoms with van der Waals surface area (Å²) < 4.78 is 0. The molecule has 0 N–H and O–H groups in total. The number of rotatable bonds is 0. The van der Waals surface area contributed by atoms with E-state index in [1.807, 2.05) is 10.8 Å². The van der Waals surface area contributed by atoms with E-state index < -0.39 is 0 Å². The third kappa shape index (κ3) is 3.08. The Kier molecular flexibility index (Phi) is 4.43. The first kappa shape index (κ1) is 16.1. The molecule has 128 valence electrons. The number of benzene rings is 2. The van der Waals surface area contributed by atoms with Gasteiger partial charge in [-0.2, -0.15) is 0 Å². The summed E-state index contributed by atoms with van der Waals surface area (Å²) in [5.41, 5.74) is 12.7. The van der Waals surface area contributed by atoms with E-state index in [9.17, 15) is 0 Å². The van der Waals surface area contributed by atoms with Gasteiger partial charge in [0, 0.05) is 11.5 Å². The Morgan fingerprint density at radius 1 is 0.560 bits per heavy atom. The maximum absolute atomic E-state index is 2.52. The Morgan fingerprint density at radius 3 is 1.84 bits per heavy atom. The molecular weight excluding hydrogens is 340 g/mol. The Hall–Kier alpha value is -1.12. The molecule has 0 spiro atoms. The largest absolute Gasteiger partial charge is 0.0941 e. The molecule has 2 aliphatic carbocycles. The summed E-state index contributed by atoms with van der Waals surface area (Å²) in [6, 6.07) is 14.6. The molecule has 1 heterocycles. The van der Waals surface area contributed by atoms with Crippen LogP contribution < -0.4 is 0 Å². The van der Waals surface area contributed by atoms with E-state index in [0.29, 0.717) is 0 Å². The third-order valence-electron chi connectivity index (χ3n) is 5.90. The van der Waals surface area contributed by atoms with Gasteiger partial charge in [-0.05, 0) is 89.5 Å². The second-order valence-corrected chi connectivity index (χ2v) is 10.1. The van der Waals surface area contributed by atoms with E-state index in [1.54, 1.807) is 33.4 Å². The highest BCUT2D eigenvalue weighted by Crippen LogP contribution is 2.44. The van der Waals surface area contributed by atoms with Crippen LogP contribution in [0.4, 0.5) is 0 Å². The van der Waals surface area contributed by atoms with Crippen LogP contribution in [0.5, 0.6) is 0 Å². The summed E-state index contributed by atoms with van der Waals surface area (Å²) in [7, 11) is 4.10.